The number of carbonyl (C=O) groups is 2. The minimum absolute atomic E-state index is 0.0345. The third kappa shape index (κ3) is 3.54. The molecule has 2 aromatic rings. The van der Waals surface area contributed by atoms with Crippen molar-refractivity contribution in [2.24, 2.45) is 0 Å². The Labute approximate surface area is 143 Å². The number of amides is 2. The van der Waals surface area contributed by atoms with Crippen LogP contribution >= 0.6 is 23.5 Å². The molecule has 1 atom stereocenters. The molecule has 1 aliphatic rings. The average Bonchev–Trinajstić information content (AvgIpc) is 2.56. The first kappa shape index (κ1) is 16.0. The molecule has 3 rings (SSSR count). The second kappa shape index (κ2) is 6.68. The van der Waals surface area contributed by atoms with Crippen molar-refractivity contribution in [3.63, 3.8) is 0 Å². The van der Waals surface area contributed by atoms with Gasteiger partial charge in [-0.05, 0) is 55.6 Å². The molecule has 1 heterocycles. The zero-order valence-electron chi connectivity index (χ0n) is 12.8. The molecule has 0 fully saturated rings. The fourth-order valence-corrected chi connectivity index (χ4v) is 3.57. The van der Waals surface area contributed by atoms with E-state index in [1.807, 2.05) is 43.5 Å². The molecule has 0 spiro atoms. The predicted molar refractivity (Wildman–Crippen MR) is 96.6 cm³/mol. The molecule has 0 saturated carbocycles. The molecule has 6 heteroatoms. The van der Waals surface area contributed by atoms with Crippen LogP contribution in [0, 0.1) is 0 Å². The Hall–Kier alpha value is -1.92. The summed E-state index contributed by atoms with van der Waals surface area (Å²) in [6.07, 6.45) is 2.01. The van der Waals surface area contributed by atoms with E-state index in [0.717, 1.165) is 15.5 Å². The van der Waals surface area contributed by atoms with Gasteiger partial charge in [-0.25, -0.2) is 0 Å². The molecule has 0 radical (unpaired) electrons. The first-order chi connectivity index (χ1) is 11.1. The highest BCUT2D eigenvalue weighted by Gasteiger charge is 2.23. The maximum atomic E-state index is 12.4. The van der Waals surface area contributed by atoms with Gasteiger partial charge >= 0.3 is 0 Å². The quantitative estimate of drug-likeness (QED) is 0.823. The maximum Gasteiger partial charge on any atom is 0.255 e. The molecular weight excluding hydrogens is 328 g/mol. The number of fused-ring (bicyclic) bond motifs is 1. The normalized spacial score (nSPS) is 16.4. The SMILES string of the molecule is CSc1ccc(NC(=O)c2ccc3c(c2)NC(=O)C(C)S3)cc1. The van der Waals surface area contributed by atoms with Gasteiger partial charge in [0.15, 0.2) is 0 Å². The van der Waals surface area contributed by atoms with Crippen LogP contribution in [0.1, 0.15) is 17.3 Å². The maximum absolute atomic E-state index is 12.4. The van der Waals surface area contributed by atoms with Crippen molar-refractivity contribution in [3.8, 4) is 0 Å². The monoisotopic (exact) mass is 344 g/mol. The average molecular weight is 344 g/mol. The van der Waals surface area contributed by atoms with Crippen LogP contribution < -0.4 is 10.6 Å². The number of carbonyl (C=O) groups excluding carboxylic acids is 2. The molecule has 1 aliphatic heterocycles. The standard InChI is InChI=1S/C17H16N2O2S2/c1-10-16(20)19-14-9-11(3-8-15(14)23-10)17(21)18-12-4-6-13(22-2)7-5-12/h3-10H,1-2H3,(H,18,21)(H,19,20). The van der Waals surface area contributed by atoms with Gasteiger partial charge in [-0.3, -0.25) is 9.59 Å². The third-order valence-electron chi connectivity index (χ3n) is 3.52. The second-order valence-corrected chi connectivity index (χ2v) is 7.41. The fraction of sp³-hybridized carbons (Fsp3) is 0.176. The van der Waals surface area contributed by atoms with E-state index in [1.165, 1.54) is 11.8 Å². The smallest absolute Gasteiger partial charge is 0.255 e. The van der Waals surface area contributed by atoms with Gasteiger partial charge in [0.2, 0.25) is 5.91 Å². The summed E-state index contributed by atoms with van der Waals surface area (Å²) in [5.41, 5.74) is 1.97. The molecule has 1 unspecified atom stereocenters. The summed E-state index contributed by atoms with van der Waals surface area (Å²) >= 11 is 3.16. The van der Waals surface area contributed by atoms with Crippen LogP contribution in [-0.2, 0) is 4.79 Å². The first-order valence-corrected chi connectivity index (χ1v) is 9.24. The molecule has 118 valence electrons. The summed E-state index contributed by atoms with van der Waals surface area (Å²) in [6.45, 7) is 1.86. The Kier molecular flexibility index (Phi) is 4.63. The van der Waals surface area contributed by atoms with Crippen LogP contribution in [0.3, 0.4) is 0 Å². The highest BCUT2D eigenvalue weighted by Crippen LogP contribution is 2.36. The molecular formula is C17H16N2O2S2. The van der Waals surface area contributed by atoms with Crippen molar-refractivity contribution in [2.75, 3.05) is 16.9 Å². The summed E-state index contributed by atoms with van der Waals surface area (Å²) in [5.74, 6) is -0.227. The lowest BCUT2D eigenvalue weighted by Gasteiger charge is -2.21. The van der Waals surface area contributed by atoms with E-state index in [-0.39, 0.29) is 17.1 Å². The molecule has 2 aromatic carbocycles. The van der Waals surface area contributed by atoms with Gasteiger partial charge in [0.05, 0.1) is 10.9 Å². The van der Waals surface area contributed by atoms with Gasteiger partial charge in [-0.15, -0.1) is 23.5 Å². The van der Waals surface area contributed by atoms with E-state index in [1.54, 1.807) is 23.9 Å². The number of nitrogens with one attached hydrogen (secondary N) is 2. The topological polar surface area (TPSA) is 58.2 Å². The molecule has 0 bridgehead atoms. The molecule has 0 aliphatic carbocycles. The first-order valence-electron chi connectivity index (χ1n) is 7.14. The largest absolute Gasteiger partial charge is 0.324 e. The minimum atomic E-state index is -0.192. The van der Waals surface area contributed by atoms with E-state index in [2.05, 4.69) is 10.6 Å². The summed E-state index contributed by atoms with van der Waals surface area (Å²) in [5, 5.41) is 5.60. The van der Waals surface area contributed by atoms with Crippen molar-refractivity contribution < 1.29 is 9.59 Å². The Morgan fingerprint density at radius 3 is 2.65 bits per heavy atom. The van der Waals surface area contributed by atoms with Crippen LogP contribution in [0.25, 0.3) is 0 Å². The number of anilines is 2. The fourth-order valence-electron chi connectivity index (χ4n) is 2.23. The number of hydrogen-bond donors (Lipinski definition) is 2. The summed E-state index contributed by atoms with van der Waals surface area (Å²) < 4.78 is 0. The van der Waals surface area contributed by atoms with Crippen molar-refractivity contribution >= 4 is 46.7 Å². The molecule has 0 saturated heterocycles. The third-order valence-corrected chi connectivity index (χ3v) is 5.44. The van der Waals surface area contributed by atoms with Crippen molar-refractivity contribution in [1.82, 2.24) is 0 Å². The summed E-state index contributed by atoms with van der Waals surface area (Å²) in [7, 11) is 0. The number of rotatable bonds is 3. The summed E-state index contributed by atoms with van der Waals surface area (Å²) in [4.78, 5) is 26.2. The molecule has 0 aromatic heterocycles. The van der Waals surface area contributed by atoms with Crippen LogP contribution in [0.15, 0.2) is 52.3 Å². The highest BCUT2D eigenvalue weighted by molar-refractivity contribution is 8.01. The Bertz CT molecular complexity index is 760. The molecule has 2 amide bonds. The van der Waals surface area contributed by atoms with Gasteiger partial charge < -0.3 is 10.6 Å². The van der Waals surface area contributed by atoms with Crippen molar-refractivity contribution in [3.05, 3.63) is 48.0 Å². The van der Waals surface area contributed by atoms with E-state index in [9.17, 15) is 9.59 Å². The van der Waals surface area contributed by atoms with Gasteiger partial charge in [-0.1, -0.05) is 0 Å². The molecule has 4 nitrogen and oxygen atoms in total. The zero-order valence-corrected chi connectivity index (χ0v) is 14.4. The van der Waals surface area contributed by atoms with E-state index >= 15 is 0 Å². The second-order valence-electron chi connectivity index (χ2n) is 5.14. The van der Waals surface area contributed by atoms with Gasteiger partial charge in [0.1, 0.15) is 0 Å². The van der Waals surface area contributed by atoms with E-state index < -0.39 is 0 Å². The zero-order chi connectivity index (χ0) is 16.4. The van der Waals surface area contributed by atoms with E-state index in [4.69, 9.17) is 0 Å². The lowest BCUT2D eigenvalue weighted by Crippen LogP contribution is -2.26. The molecule has 2 N–H and O–H groups in total. The lowest BCUT2D eigenvalue weighted by atomic mass is 10.1. The highest BCUT2D eigenvalue weighted by atomic mass is 32.2. The number of thioether (sulfide) groups is 2. The summed E-state index contributed by atoms with van der Waals surface area (Å²) in [6, 6.07) is 13.1. The van der Waals surface area contributed by atoms with E-state index in [0.29, 0.717) is 11.3 Å². The van der Waals surface area contributed by atoms with Gasteiger partial charge in [-0.2, -0.15) is 0 Å². The van der Waals surface area contributed by atoms with Crippen molar-refractivity contribution in [1.29, 1.82) is 0 Å². The number of benzene rings is 2. The van der Waals surface area contributed by atoms with Crippen molar-refractivity contribution in [2.45, 2.75) is 22.0 Å². The lowest BCUT2D eigenvalue weighted by molar-refractivity contribution is -0.115. The number of hydrogen-bond acceptors (Lipinski definition) is 4. The predicted octanol–water partition coefficient (Wildman–Crippen LogP) is 4.09. The minimum Gasteiger partial charge on any atom is -0.324 e. The Morgan fingerprint density at radius 1 is 1.22 bits per heavy atom. The van der Waals surface area contributed by atoms with Gasteiger partial charge in [0.25, 0.3) is 5.91 Å². The van der Waals surface area contributed by atoms with Gasteiger partial charge in [0, 0.05) is 21.0 Å². The molecule has 23 heavy (non-hydrogen) atoms. The van der Waals surface area contributed by atoms with Crippen LogP contribution in [-0.4, -0.2) is 23.3 Å². The van der Waals surface area contributed by atoms with Crippen LogP contribution in [0.2, 0.25) is 0 Å². The van der Waals surface area contributed by atoms with Crippen LogP contribution in [0.4, 0.5) is 11.4 Å². The Morgan fingerprint density at radius 2 is 1.96 bits per heavy atom. The van der Waals surface area contributed by atoms with Crippen LogP contribution in [0.5, 0.6) is 0 Å². The Balaban J connectivity index is 1.77.